The number of aromatic nitrogens is 2. The third-order valence-electron chi connectivity index (χ3n) is 3.21. The van der Waals surface area contributed by atoms with Crippen LogP contribution in [0.25, 0.3) is 0 Å². The van der Waals surface area contributed by atoms with E-state index < -0.39 is 10.8 Å². The molecule has 1 aliphatic rings. The number of rotatable bonds is 4. The maximum Gasteiger partial charge on any atom is 0.320 e. The van der Waals surface area contributed by atoms with Crippen molar-refractivity contribution in [3.05, 3.63) is 22.0 Å². The van der Waals surface area contributed by atoms with Crippen molar-refractivity contribution in [1.29, 1.82) is 0 Å². The number of ether oxygens (including phenoxy) is 1. The third-order valence-corrected chi connectivity index (χ3v) is 3.21. The smallest absolute Gasteiger partial charge is 0.320 e. The molecule has 104 valence electrons. The second-order valence-corrected chi connectivity index (χ2v) is 4.57. The first-order valence-corrected chi connectivity index (χ1v) is 6.09. The van der Waals surface area contributed by atoms with Crippen molar-refractivity contribution < 1.29 is 14.5 Å². The van der Waals surface area contributed by atoms with Crippen LogP contribution in [0.5, 0.6) is 0 Å². The Morgan fingerprint density at radius 1 is 1.74 bits per heavy atom. The third kappa shape index (κ3) is 2.73. The summed E-state index contributed by atoms with van der Waals surface area (Å²) in [5.74, 6) is -0.505. The molecule has 8 heteroatoms. The Morgan fingerprint density at radius 3 is 3.05 bits per heavy atom. The van der Waals surface area contributed by atoms with E-state index in [0.29, 0.717) is 6.61 Å². The summed E-state index contributed by atoms with van der Waals surface area (Å²) in [5.41, 5.74) is -0.339. The largest absolute Gasteiger partial charge is 0.376 e. The van der Waals surface area contributed by atoms with Gasteiger partial charge in [-0.3, -0.25) is 19.6 Å². The van der Waals surface area contributed by atoms with E-state index in [9.17, 15) is 14.9 Å². The van der Waals surface area contributed by atoms with Gasteiger partial charge in [-0.15, -0.1) is 0 Å². The molecule has 1 aromatic rings. The summed E-state index contributed by atoms with van der Waals surface area (Å²) in [6.07, 6.45) is 2.90. The van der Waals surface area contributed by atoms with E-state index in [1.165, 1.54) is 11.7 Å². The molecule has 1 aromatic heterocycles. The predicted molar refractivity (Wildman–Crippen MR) is 65.8 cm³/mol. The lowest BCUT2D eigenvalue weighted by Gasteiger charge is -2.19. The van der Waals surface area contributed by atoms with Crippen LogP contribution in [0.15, 0.2) is 6.20 Å². The molecule has 0 radical (unpaired) electrons. The van der Waals surface area contributed by atoms with Crippen LogP contribution >= 0.6 is 0 Å². The Labute approximate surface area is 109 Å². The van der Waals surface area contributed by atoms with Crippen LogP contribution in [-0.2, 0) is 11.8 Å². The Hall–Kier alpha value is -1.96. The van der Waals surface area contributed by atoms with E-state index in [0.717, 1.165) is 19.0 Å². The Kier molecular flexibility index (Phi) is 3.79. The van der Waals surface area contributed by atoms with Crippen LogP contribution in [0.1, 0.15) is 30.3 Å². The Bertz CT molecular complexity index is 493. The molecule has 2 rings (SSSR count). The Morgan fingerprint density at radius 2 is 2.47 bits per heavy atom. The molecule has 1 N–H and O–H groups in total. The van der Waals surface area contributed by atoms with Crippen LogP contribution < -0.4 is 5.32 Å². The molecular weight excluding hydrogens is 252 g/mol. The highest BCUT2D eigenvalue weighted by molar-refractivity contribution is 5.96. The molecule has 0 saturated carbocycles. The number of carbonyl (C=O) groups is 1. The highest BCUT2D eigenvalue weighted by Crippen LogP contribution is 2.19. The molecule has 1 aliphatic heterocycles. The van der Waals surface area contributed by atoms with Crippen molar-refractivity contribution in [2.45, 2.75) is 31.9 Å². The zero-order valence-electron chi connectivity index (χ0n) is 10.8. The highest BCUT2D eigenvalue weighted by atomic mass is 16.6. The van der Waals surface area contributed by atoms with Crippen LogP contribution in [0, 0.1) is 10.1 Å². The SMILES string of the molecule is C[C@H](NC(=O)c1c([N+](=O)[O-])cnn1C)[C@H]1CCCO1. The summed E-state index contributed by atoms with van der Waals surface area (Å²) in [4.78, 5) is 22.3. The summed E-state index contributed by atoms with van der Waals surface area (Å²) in [6, 6.07) is -0.190. The van der Waals surface area contributed by atoms with E-state index >= 15 is 0 Å². The van der Waals surface area contributed by atoms with Crippen molar-refractivity contribution in [3.63, 3.8) is 0 Å². The lowest BCUT2D eigenvalue weighted by molar-refractivity contribution is -0.385. The molecule has 0 aromatic carbocycles. The monoisotopic (exact) mass is 268 g/mol. The van der Waals surface area contributed by atoms with Crippen molar-refractivity contribution in [3.8, 4) is 0 Å². The van der Waals surface area contributed by atoms with Crippen LogP contribution in [0.3, 0.4) is 0 Å². The number of hydrogen-bond acceptors (Lipinski definition) is 5. The molecule has 0 aliphatic carbocycles. The van der Waals surface area contributed by atoms with Gasteiger partial charge in [-0.05, 0) is 19.8 Å². The number of nitrogens with zero attached hydrogens (tertiary/aromatic N) is 3. The molecule has 0 spiro atoms. The molecule has 19 heavy (non-hydrogen) atoms. The van der Waals surface area contributed by atoms with Gasteiger partial charge < -0.3 is 10.1 Å². The number of nitro groups is 1. The number of carbonyl (C=O) groups excluding carboxylic acids is 1. The number of aryl methyl sites for hydroxylation is 1. The van der Waals surface area contributed by atoms with E-state index in [2.05, 4.69) is 10.4 Å². The van der Waals surface area contributed by atoms with Gasteiger partial charge in [0.1, 0.15) is 6.20 Å². The second-order valence-electron chi connectivity index (χ2n) is 4.57. The first-order chi connectivity index (χ1) is 9.00. The summed E-state index contributed by atoms with van der Waals surface area (Å²) < 4.78 is 6.67. The van der Waals surface area contributed by atoms with Gasteiger partial charge in [-0.25, -0.2) is 0 Å². The standard InChI is InChI=1S/C11H16N4O4/c1-7(9-4-3-5-19-9)13-11(16)10-8(15(17)18)6-12-14(10)2/h6-7,9H,3-5H2,1-2H3,(H,13,16)/t7-,9+/m0/s1. The van der Waals surface area contributed by atoms with Gasteiger partial charge in [0.15, 0.2) is 0 Å². The summed E-state index contributed by atoms with van der Waals surface area (Å²) >= 11 is 0. The first kappa shape index (κ1) is 13.5. The molecule has 1 saturated heterocycles. The molecule has 1 amide bonds. The molecular formula is C11H16N4O4. The zero-order valence-corrected chi connectivity index (χ0v) is 10.8. The minimum atomic E-state index is -0.612. The minimum absolute atomic E-state index is 0.0313. The van der Waals surface area contributed by atoms with E-state index in [1.807, 2.05) is 6.92 Å². The van der Waals surface area contributed by atoms with Crippen molar-refractivity contribution in [1.82, 2.24) is 15.1 Å². The van der Waals surface area contributed by atoms with Gasteiger partial charge in [0.25, 0.3) is 5.91 Å². The first-order valence-electron chi connectivity index (χ1n) is 6.09. The normalized spacial score (nSPS) is 20.2. The maximum absolute atomic E-state index is 12.1. The van der Waals surface area contributed by atoms with Crippen LogP contribution in [0.2, 0.25) is 0 Å². The predicted octanol–water partition coefficient (Wildman–Crippen LogP) is 0.626. The van der Waals surface area contributed by atoms with Gasteiger partial charge in [-0.2, -0.15) is 5.10 Å². The van der Waals surface area contributed by atoms with Crippen molar-refractivity contribution >= 4 is 11.6 Å². The fourth-order valence-corrected chi connectivity index (χ4v) is 2.19. The molecule has 0 unspecified atom stereocenters. The molecule has 2 atom stereocenters. The number of nitrogens with one attached hydrogen (secondary N) is 1. The summed E-state index contributed by atoms with van der Waals surface area (Å²) in [7, 11) is 1.50. The average molecular weight is 268 g/mol. The fourth-order valence-electron chi connectivity index (χ4n) is 2.19. The molecule has 2 heterocycles. The lowest BCUT2D eigenvalue weighted by atomic mass is 10.1. The van der Waals surface area contributed by atoms with Crippen LogP contribution in [-0.4, -0.2) is 39.4 Å². The van der Waals surface area contributed by atoms with Gasteiger partial charge >= 0.3 is 5.69 Å². The van der Waals surface area contributed by atoms with Gasteiger partial charge in [0, 0.05) is 13.7 Å². The van der Waals surface area contributed by atoms with Crippen molar-refractivity contribution in [2.75, 3.05) is 6.61 Å². The second kappa shape index (κ2) is 5.35. The highest BCUT2D eigenvalue weighted by Gasteiger charge is 2.29. The van der Waals surface area contributed by atoms with E-state index in [1.54, 1.807) is 0 Å². The minimum Gasteiger partial charge on any atom is -0.376 e. The average Bonchev–Trinajstić information content (AvgIpc) is 2.96. The van der Waals surface area contributed by atoms with E-state index in [4.69, 9.17) is 4.74 Å². The Balaban J connectivity index is 2.11. The van der Waals surface area contributed by atoms with Crippen molar-refractivity contribution in [2.24, 2.45) is 7.05 Å². The summed E-state index contributed by atoms with van der Waals surface area (Å²) in [6.45, 7) is 2.52. The molecule has 8 nitrogen and oxygen atoms in total. The molecule has 1 fully saturated rings. The summed E-state index contributed by atoms with van der Waals surface area (Å²) in [5, 5.41) is 17.3. The lowest BCUT2D eigenvalue weighted by Crippen LogP contribution is -2.41. The quantitative estimate of drug-likeness (QED) is 0.637. The zero-order chi connectivity index (χ0) is 14.0. The van der Waals surface area contributed by atoms with E-state index in [-0.39, 0.29) is 23.5 Å². The van der Waals surface area contributed by atoms with Gasteiger partial charge in [-0.1, -0.05) is 0 Å². The van der Waals surface area contributed by atoms with Crippen LogP contribution in [0.4, 0.5) is 5.69 Å². The molecule has 0 bridgehead atoms. The van der Waals surface area contributed by atoms with Gasteiger partial charge in [0.2, 0.25) is 5.69 Å². The number of amides is 1. The topological polar surface area (TPSA) is 99.3 Å². The fraction of sp³-hybridized carbons (Fsp3) is 0.636. The van der Waals surface area contributed by atoms with Gasteiger partial charge in [0.05, 0.1) is 17.1 Å². The maximum atomic E-state index is 12.1. The number of hydrogen-bond donors (Lipinski definition) is 1.